The van der Waals surface area contributed by atoms with Crippen molar-refractivity contribution in [3.05, 3.63) is 144 Å². The van der Waals surface area contributed by atoms with E-state index in [0.29, 0.717) is 32.8 Å². The van der Waals surface area contributed by atoms with Crippen molar-refractivity contribution in [3.63, 3.8) is 0 Å². The zero-order chi connectivity index (χ0) is 36.6. The van der Waals surface area contributed by atoms with Crippen LogP contribution in [-0.4, -0.2) is 66.7 Å². The molecule has 1 unspecified atom stereocenters. The Hall–Kier alpha value is -3.93. The second-order valence-electron chi connectivity index (χ2n) is 13.5. The van der Waals surface area contributed by atoms with E-state index in [1.807, 2.05) is 135 Å². The van der Waals surface area contributed by atoms with Gasteiger partial charge >= 0.3 is 5.97 Å². The smallest absolute Gasteiger partial charge is 0.335 e. The number of ether oxygens (including phenoxy) is 7. The normalized spacial score (nSPS) is 20.2. The molecular weight excluding hydrogens is 660 g/mol. The third-order valence-electron chi connectivity index (χ3n) is 8.92. The lowest BCUT2D eigenvalue weighted by molar-refractivity contribution is -0.316. The molecule has 1 aliphatic rings. The fourth-order valence-corrected chi connectivity index (χ4v) is 6.13. The van der Waals surface area contributed by atoms with Gasteiger partial charge in [0.15, 0.2) is 12.4 Å². The van der Waals surface area contributed by atoms with Gasteiger partial charge in [-0.15, -0.1) is 0 Å². The summed E-state index contributed by atoms with van der Waals surface area (Å²) < 4.78 is 44.5. The Morgan fingerprint density at radius 1 is 0.750 bits per heavy atom. The predicted octanol–water partition coefficient (Wildman–Crippen LogP) is 7.18. The number of carbonyl (C=O) groups excluding carboxylic acids is 1. The monoisotopic (exact) mass is 712 g/mol. The Morgan fingerprint density at radius 3 is 1.79 bits per heavy atom. The Kier molecular flexibility index (Phi) is 15.4. The number of aliphatic hydroxyl groups excluding tert-OH is 1. The van der Waals surface area contributed by atoms with E-state index < -0.39 is 48.4 Å². The summed E-state index contributed by atoms with van der Waals surface area (Å²) in [6, 6.07) is 39.7. The number of rotatable bonds is 20. The van der Waals surface area contributed by atoms with Gasteiger partial charge in [0.25, 0.3) is 0 Å². The van der Waals surface area contributed by atoms with Gasteiger partial charge in [-0.2, -0.15) is 0 Å². The molecule has 0 radical (unpaired) electrons. The van der Waals surface area contributed by atoms with E-state index in [9.17, 15) is 9.90 Å². The van der Waals surface area contributed by atoms with Gasteiger partial charge in [-0.05, 0) is 43.0 Å². The van der Waals surface area contributed by atoms with E-state index in [2.05, 4.69) is 0 Å². The molecule has 0 saturated carbocycles. The summed E-state index contributed by atoms with van der Waals surface area (Å²) in [7, 11) is 0. The maximum atomic E-state index is 12.5. The lowest BCUT2D eigenvalue weighted by Crippen LogP contribution is -2.60. The molecule has 278 valence electrons. The van der Waals surface area contributed by atoms with Gasteiger partial charge in [0.05, 0.1) is 57.5 Å². The van der Waals surface area contributed by atoms with Crippen LogP contribution in [-0.2, 0) is 64.4 Å². The van der Waals surface area contributed by atoms with Gasteiger partial charge in [0.2, 0.25) is 0 Å². The van der Waals surface area contributed by atoms with Crippen molar-refractivity contribution in [2.45, 2.75) is 102 Å². The summed E-state index contributed by atoms with van der Waals surface area (Å²) in [5.41, 5.74) is 3.20. The molecule has 1 aliphatic heterocycles. The lowest BCUT2D eigenvalue weighted by Gasteiger charge is -2.47. The van der Waals surface area contributed by atoms with Crippen molar-refractivity contribution in [2.75, 3.05) is 13.2 Å². The van der Waals surface area contributed by atoms with Gasteiger partial charge in [0.1, 0.15) is 12.2 Å². The molecule has 6 atom stereocenters. The van der Waals surface area contributed by atoms with Crippen molar-refractivity contribution in [3.8, 4) is 0 Å². The van der Waals surface area contributed by atoms with Crippen LogP contribution in [0.4, 0.5) is 0 Å². The van der Waals surface area contributed by atoms with Crippen LogP contribution < -0.4 is 0 Å². The fraction of sp³-hybridized carbons (Fsp3) is 0.419. The van der Waals surface area contributed by atoms with Crippen LogP contribution in [0.3, 0.4) is 0 Å². The van der Waals surface area contributed by atoms with E-state index >= 15 is 0 Å². The Morgan fingerprint density at radius 2 is 1.25 bits per heavy atom. The summed E-state index contributed by atoms with van der Waals surface area (Å²) in [5, 5.41) is 10.8. The maximum Gasteiger partial charge on any atom is 0.335 e. The molecule has 9 heteroatoms. The van der Waals surface area contributed by atoms with E-state index in [1.165, 1.54) is 0 Å². The summed E-state index contributed by atoms with van der Waals surface area (Å²) in [6.45, 7) is 7.33. The fourth-order valence-electron chi connectivity index (χ4n) is 6.13. The minimum absolute atomic E-state index is 0.0461. The first-order valence-electron chi connectivity index (χ1n) is 18.1. The molecule has 0 bridgehead atoms. The molecule has 5 rings (SSSR count). The number of benzene rings is 4. The Labute approximate surface area is 307 Å². The van der Waals surface area contributed by atoms with Gasteiger partial charge in [-0.3, -0.25) is 0 Å². The van der Waals surface area contributed by atoms with E-state index in [0.717, 1.165) is 22.3 Å². The van der Waals surface area contributed by atoms with Crippen LogP contribution >= 0.6 is 0 Å². The summed E-state index contributed by atoms with van der Waals surface area (Å²) in [5.74, 6) is -0.713. The zero-order valence-electron chi connectivity index (χ0n) is 30.4. The van der Waals surface area contributed by atoms with Gasteiger partial charge in [-0.1, -0.05) is 121 Å². The molecule has 1 heterocycles. The third kappa shape index (κ3) is 12.3. The number of hydrogen-bond acceptors (Lipinski definition) is 9. The molecule has 4 aromatic rings. The number of hydrogen-bond donors (Lipinski definition) is 1. The average Bonchev–Trinajstić information content (AvgIpc) is 3.17. The highest BCUT2D eigenvalue weighted by atomic mass is 16.7. The Balaban J connectivity index is 1.40. The zero-order valence-corrected chi connectivity index (χ0v) is 30.4. The topological polar surface area (TPSA) is 102 Å². The molecule has 1 fully saturated rings. The minimum Gasteiger partial charge on any atom is -0.464 e. The number of esters is 1. The second-order valence-corrected chi connectivity index (χ2v) is 13.5. The van der Waals surface area contributed by atoms with Crippen LogP contribution in [0.2, 0.25) is 0 Å². The van der Waals surface area contributed by atoms with E-state index in [1.54, 1.807) is 6.92 Å². The van der Waals surface area contributed by atoms with Crippen LogP contribution in [0.25, 0.3) is 0 Å². The highest BCUT2D eigenvalue weighted by Crippen LogP contribution is 2.36. The molecule has 0 aliphatic carbocycles. The van der Waals surface area contributed by atoms with Gasteiger partial charge < -0.3 is 38.3 Å². The van der Waals surface area contributed by atoms with Crippen molar-refractivity contribution in [1.82, 2.24) is 0 Å². The molecule has 0 aromatic heterocycles. The molecule has 1 saturated heterocycles. The van der Waals surface area contributed by atoms with Gasteiger partial charge in [0, 0.05) is 12.8 Å². The van der Waals surface area contributed by atoms with E-state index in [4.69, 9.17) is 33.2 Å². The molecule has 0 spiro atoms. The number of carbonyl (C=O) groups is 1. The van der Waals surface area contributed by atoms with Crippen LogP contribution in [0.5, 0.6) is 0 Å². The van der Waals surface area contributed by atoms with Crippen LogP contribution in [0.15, 0.2) is 121 Å². The predicted molar refractivity (Wildman–Crippen MR) is 197 cm³/mol. The summed E-state index contributed by atoms with van der Waals surface area (Å²) in [4.78, 5) is 12.5. The van der Waals surface area contributed by atoms with Crippen molar-refractivity contribution >= 4 is 5.97 Å². The van der Waals surface area contributed by atoms with Gasteiger partial charge in [-0.25, -0.2) is 4.79 Å². The summed E-state index contributed by atoms with van der Waals surface area (Å²) in [6.07, 6.45) is -4.28. The molecule has 52 heavy (non-hydrogen) atoms. The highest BCUT2D eigenvalue weighted by molar-refractivity contribution is 5.74. The van der Waals surface area contributed by atoms with Crippen molar-refractivity contribution < 1.29 is 43.1 Å². The first-order chi connectivity index (χ1) is 25.3. The van der Waals surface area contributed by atoms with Crippen LogP contribution in [0, 0.1) is 0 Å². The molecule has 1 N–H and O–H groups in total. The molecule has 4 aromatic carbocycles. The Bertz CT molecular complexity index is 1570. The van der Waals surface area contributed by atoms with Crippen molar-refractivity contribution in [2.24, 2.45) is 0 Å². The SMILES string of the molecule is CCOC(=O)C(O)C[C@@H](COCc1ccccc1)O[C@@H]1C[C@@H](OCc2ccccc2)[C@H](OCc2ccccc2)[C@@H](C(C)(C)OCc2ccccc2)O1. The third-order valence-corrected chi connectivity index (χ3v) is 8.92. The number of aliphatic hydroxyl groups is 1. The first-order valence-corrected chi connectivity index (χ1v) is 18.1. The molecular formula is C43H52O9. The maximum absolute atomic E-state index is 12.5. The second kappa shape index (κ2) is 20.3. The highest BCUT2D eigenvalue weighted by Gasteiger charge is 2.49. The standard InChI is InChI=1S/C43H52O9/c1-4-47-42(45)37(44)25-36(31-46-27-32-17-9-5-10-18-32)51-39-26-38(48-28-33-19-11-6-12-20-33)40(49-29-34-21-13-7-14-22-34)41(52-39)43(2,3)50-30-35-23-15-8-16-24-35/h5-24,36-41,44H,4,25-31H2,1-3H3/t36-,37?,38+,39-,40-,41-/m0/s1. The quantitative estimate of drug-likeness (QED) is 0.0955. The van der Waals surface area contributed by atoms with Crippen LogP contribution in [0.1, 0.15) is 55.9 Å². The lowest BCUT2D eigenvalue weighted by atomic mass is 9.89. The molecule has 9 nitrogen and oxygen atoms in total. The van der Waals surface area contributed by atoms with Crippen molar-refractivity contribution in [1.29, 1.82) is 0 Å². The minimum atomic E-state index is -1.40. The van der Waals surface area contributed by atoms with E-state index in [-0.39, 0.29) is 19.6 Å². The largest absolute Gasteiger partial charge is 0.464 e. The first kappa shape index (κ1) is 39.3. The summed E-state index contributed by atoms with van der Waals surface area (Å²) >= 11 is 0. The average molecular weight is 713 g/mol. The molecule has 0 amide bonds.